The molecule has 0 radical (unpaired) electrons. The van der Waals surface area contributed by atoms with Crippen LogP contribution in [0.15, 0.2) is 72.8 Å². The molecule has 1 N–H and O–H groups in total. The Morgan fingerprint density at radius 2 is 1.71 bits per heavy atom. The Labute approximate surface area is 240 Å². The highest BCUT2D eigenvalue weighted by Gasteiger charge is 2.32. The Balaban J connectivity index is 1.32. The van der Waals surface area contributed by atoms with E-state index in [0.29, 0.717) is 29.9 Å². The van der Waals surface area contributed by atoms with E-state index < -0.39 is 0 Å². The number of amides is 1. The lowest BCUT2D eigenvalue weighted by Gasteiger charge is -2.29. The number of carbonyl (C=O) groups is 1. The van der Waals surface area contributed by atoms with Crippen molar-refractivity contribution in [3.05, 3.63) is 95.3 Å². The quantitative estimate of drug-likeness (QED) is 0.282. The number of anilines is 1. The van der Waals surface area contributed by atoms with E-state index in [1.54, 1.807) is 12.1 Å². The Bertz CT molecular complexity index is 1570. The molecule has 1 aromatic heterocycles. The van der Waals surface area contributed by atoms with Crippen LogP contribution in [0.5, 0.6) is 0 Å². The maximum atomic E-state index is 14.2. The van der Waals surface area contributed by atoms with Crippen molar-refractivity contribution < 1.29 is 9.18 Å². The van der Waals surface area contributed by atoms with E-state index in [4.69, 9.17) is 4.98 Å². The summed E-state index contributed by atoms with van der Waals surface area (Å²) in [4.78, 5) is 23.7. The fourth-order valence-electron chi connectivity index (χ4n) is 6.11. The lowest BCUT2D eigenvalue weighted by Crippen LogP contribution is -2.42. The van der Waals surface area contributed by atoms with Gasteiger partial charge in [-0.2, -0.15) is 5.26 Å². The van der Waals surface area contributed by atoms with Crippen LogP contribution in [0.1, 0.15) is 47.2 Å². The summed E-state index contributed by atoms with van der Waals surface area (Å²) >= 11 is 0. The van der Waals surface area contributed by atoms with Gasteiger partial charge >= 0.3 is 0 Å². The molecule has 0 unspecified atom stereocenters. The van der Waals surface area contributed by atoms with E-state index in [0.717, 1.165) is 66.6 Å². The van der Waals surface area contributed by atoms with Crippen LogP contribution in [0, 0.1) is 17.1 Å². The van der Waals surface area contributed by atoms with E-state index in [2.05, 4.69) is 21.2 Å². The van der Waals surface area contributed by atoms with Gasteiger partial charge in [0.05, 0.1) is 22.7 Å². The zero-order valence-electron chi connectivity index (χ0n) is 23.2. The molecule has 0 saturated carbocycles. The summed E-state index contributed by atoms with van der Waals surface area (Å²) in [5, 5.41) is 13.4. The number of likely N-dealkylation sites (tertiary alicyclic amines) is 2. The molecule has 6 nitrogen and oxygen atoms in total. The number of carbonyl (C=O) groups excluding carboxylic acids is 1. The maximum Gasteiger partial charge on any atom is 0.254 e. The van der Waals surface area contributed by atoms with E-state index in [1.165, 1.54) is 25.0 Å². The molecule has 1 atom stereocenters. The zero-order chi connectivity index (χ0) is 28.2. The minimum atomic E-state index is -0.244. The highest BCUT2D eigenvalue weighted by atomic mass is 19.1. The minimum absolute atomic E-state index is 0.0534. The molecule has 7 heteroatoms. The summed E-state index contributed by atoms with van der Waals surface area (Å²) in [7, 11) is 0. The number of halogens is 1. The van der Waals surface area contributed by atoms with Gasteiger partial charge in [-0.15, -0.1) is 0 Å². The summed E-state index contributed by atoms with van der Waals surface area (Å²) in [6.45, 7) is 4.56. The summed E-state index contributed by atoms with van der Waals surface area (Å²) in [5.74, 6) is 0.466. The van der Waals surface area contributed by atoms with E-state index in [9.17, 15) is 14.4 Å². The molecule has 3 heterocycles. The van der Waals surface area contributed by atoms with Crippen LogP contribution in [0.4, 0.5) is 10.2 Å². The normalized spacial score (nSPS) is 17.2. The monoisotopic (exact) mass is 547 g/mol. The molecule has 6 rings (SSSR count). The molecule has 4 aromatic rings. The lowest BCUT2D eigenvalue weighted by molar-refractivity contribution is 0.0710. The SMILES string of the molecule is N#Cc1ccc(-c2ccc3nc(NCCc4ccc(F)cc4)cc(C(=O)N4CCC[C@H]4CN4CCCC4)c3c2)cc1. The van der Waals surface area contributed by atoms with Gasteiger partial charge in [-0.1, -0.05) is 30.3 Å². The number of fused-ring (bicyclic) bond motifs is 1. The fourth-order valence-corrected chi connectivity index (χ4v) is 6.11. The van der Waals surface area contributed by atoms with Crippen LogP contribution in [-0.2, 0) is 6.42 Å². The predicted octanol–water partition coefficient (Wildman–Crippen LogP) is 6.27. The van der Waals surface area contributed by atoms with Crippen LogP contribution in [0.2, 0.25) is 0 Å². The number of nitriles is 1. The van der Waals surface area contributed by atoms with Gasteiger partial charge in [-0.25, -0.2) is 9.37 Å². The van der Waals surface area contributed by atoms with Crippen LogP contribution in [0.3, 0.4) is 0 Å². The molecule has 3 aromatic carbocycles. The number of benzene rings is 3. The average molecular weight is 548 g/mol. The van der Waals surface area contributed by atoms with Crippen molar-refractivity contribution in [3.63, 3.8) is 0 Å². The Hall–Kier alpha value is -4.28. The topological polar surface area (TPSA) is 72.3 Å². The van der Waals surface area contributed by atoms with Crippen molar-refractivity contribution in [1.29, 1.82) is 5.26 Å². The number of aromatic nitrogens is 1. The minimum Gasteiger partial charge on any atom is -0.370 e. The zero-order valence-corrected chi connectivity index (χ0v) is 23.2. The molecule has 0 bridgehead atoms. The van der Waals surface area contributed by atoms with E-state index in [1.807, 2.05) is 48.5 Å². The Morgan fingerprint density at radius 3 is 2.46 bits per heavy atom. The first-order chi connectivity index (χ1) is 20.1. The molecule has 41 heavy (non-hydrogen) atoms. The smallest absolute Gasteiger partial charge is 0.254 e. The number of pyridine rings is 1. The van der Waals surface area contributed by atoms with Gasteiger partial charge in [0.1, 0.15) is 11.6 Å². The number of nitrogens with zero attached hydrogens (tertiary/aromatic N) is 4. The highest BCUT2D eigenvalue weighted by molar-refractivity contribution is 6.08. The largest absolute Gasteiger partial charge is 0.370 e. The number of nitrogens with one attached hydrogen (secondary N) is 1. The second kappa shape index (κ2) is 12.1. The number of hydrogen-bond acceptors (Lipinski definition) is 5. The van der Waals surface area contributed by atoms with E-state index in [-0.39, 0.29) is 17.8 Å². The molecule has 2 saturated heterocycles. The second-order valence-electron chi connectivity index (χ2n) is 11.1. The van der Waals surface area contributed by atoms with Gasteiger partial charge in [-0.3, -0.25) is 4.79 Å². The number of rotatable bonds is 8. The molecule has 2 aliphatic rings. The van der Waals surface area contributed by atoms with Gasteiger partial charge in [0.15, 0.2) is 0 Å². The summed E-state index contributed by atoms with van der Waals surface area (Å²) in [6, 6.07) is 24.3. The van der Waals surface area contributed by atoms with Crippen molar-refractivity contribution in [1.82, 2.24) is 14.8 Å². The summed E-state index contributed by atoms with van der Waals surface area (Å²) in [6.07, 6.45) is 5.24. The first-order valence-corrected chi connectivity index (χ1v) is 14.5. The molecule has 1 amide bonds. The first kappa shape index (κ1) is 26.9. The molecule has 2 aliphatic heterocycles. The standard InChI is InChI=1S/C34H34FN5O/c35-28-12-7-24(8-13-28)15-16-37-33-21-31(34(41)40-19-3-4-29(40)23-39-17-1-2-18-39)30-20-27(11-14-32(30)38-33)26-9-5-25(22-36)6-10-26/h5-14,20-21,29H,1-4,15-19,23H2,(H,37,38)/t29-/m0/s1. The maximum absolute atomic E-state index is 14.2. The van der Waals surface area contributed by atoms with Crippen LogP contribution in [-0.4, -0.2) is 59.5 Å². The van der Waals surface area contributed by atoms with Gasteiger partial charge in [-0.05, 0) is 104 Å². The van der Waals surface area contributed by atoms with Crippen molar-refractivity contribution >= 4 is 22.6 Å². The van der Waals surface area contributed by atoms with Crippen molar-refractivity contribution in [2.45, 2.75) is 38.1 Å². The molecular weight excluding hydrogens is 513 g/mol. The highest BCUT2D eigenvalue weighted by Crippen LogP contribution is 2.31. The van der Waals surface area contributed by atoms with E-state index >= 15 is 0 Å². The van der Waals surface area contributed by atoms with Gasteiger partial charge in [0, 0.05) is 31.1 Å². The van der Waals surface area contributed by atoms with Crippen LogP contribution < -0.4 is 5.32 Å². The van der Waals surface area contributed by atoms with Crippen molar-refractivity contribution in [2.75, 3.05) is 38.0 Å². The van der Waals surface area contributed by atoms with Gasteiger partial charge in [0.25, 0.3) is 5.91 Å². The Kier molecular flexibility index (Phi) is 7.93. The average Bonchev–Trinajstić information content (AvgIpc) is 3.70. The van der Waals surface area contributed by atoms with Crippen molar-refractivity contribution in [3.8, 4) is 17.2 Å². The third kappa shape index (κ3) is 6.08. The second-order valence-corrected chi connectivity index (χ2v) is 11.1. The molecule has 0 spiro atoms. The summed E-state index contributed by atoms with van der Waals surface area (Å²) in [5.41, 5.74) is 5.02. The van der Waals surface area contributed by atoms with Crippen LogP contribution in [0.25, 0.3) is 22.0 Å². The first-order valence-electron chi connectivity index (χ1n) is 14.5. The predicted molar refractivity (Wildman–Crippen MR) is 160 cm³/mol. The molecule has 208 valence electrons. The molecule has 0 aliphatic carbocycles. The third-order valence-corrected chi connectivity index (χ3v) is 8.33. The number of hydrogen-bond donors (Lipinski definition) is 1. The molecular formula is C34H34FN5O. The fraction of sp³-hybridized carbons (Fsp3) is 0.324. The van der Waals surface area contributed by atoms with Crippen LogP contribution >= 0.6 is 0 Å². The third-order valence-electron chi connectivity index (χ3n) is 8.33. The summed E-state index contributed by atoms with van der Waals surface area (Å²) < 4.78 is 13.3. The van der Waals surface area contributed by atoms with Crippen molar-refractivity contribution in [2.24, 2.45) is 0 Å². The van der Waals surface area contributed by atoms with Gasteiger partial charge < -0.3 is 15.1 Å². The van der Waals surface area contributed by atoms with Gasteiger partial charge in [0.2, 0.25) is 0 Å². The lowest BCUT2D eigenvalue weighted by atomic mass is 9.99. The Morgan fingerprint density at radius 1 is 0.951 bits per heavy atom. The molecule has 2 fully saturated rings.